The van der Waals surface area contributed by atoms with Crippen LogP contribution >= 0.6 is 10.2 Å². The van der Waals surface area contributed by atoms with Crippen LogP contribution in [0.3, 0.4) is 0 Å². The van der Waals surface area contributed by atoms with Gasteiger partial charge < -0.3 is 23.1 Å². The summed E-state index contributed by atoms with van der Waals surface area (Å²) in [6.07, 6.45) is 8.23. The second-order valence-corrected chi connectivity index (χ2v) is 19.0. The zero-order valence-corrected chi connectivity index (χ0v) is 26.2. The van der Waals surface area contributed by atoms with Crippen LogP contribution in [0.4, 0.5) is 10.2 Å². The summed E-state index contributed by atoms with van der Waals surface area (Å²) in [6.45, 7) is 9.08. The largest absolute Gasteiger partial charge is 0.486 e. The summed E-state index contributed by atoms with van der Waals surface area (Å²) in [5.41, 5.74) is 1.45. The number of morpholine rings is 1. The topological polar surface area (TPSA) is 95.8 Å². The number of ether oxygens (including phenoxy) is 3. The molecule has 3 aliphatic rings. The fraction of sp³-hybridized carbons (Fsp3) is 0.586. The van der Waals surface area contributed by atoms with E-state index in [9.17, 15) is 8.42 Å². The number of fused-ring (bicyclic) bond motifs is 4. The maximum Gasteiger partial charge on any atom is 0.185 e. The van der Waals surface area contributed by atoms with Crippen LogP contribution in [0.15, 0.2) is 24.4 Å². The van der Waals surface area contributed by atoms with Gasteiger partial charge in [-0.05, 0) is 43.6 Å². The number of aromatic nitrogens is 3. The lowest BCUT2D eigenvalue weighted by Gasteiger charge is -2.46. The van der Waals surface area contributed by atoms with Crippen molar-refractivity contribution in [1.29, 1.82) is 0 Å². The van der Waals surface area contributed by atoms with Gasteiger partial charge in [0.2, 0.25) is 0 Å². The van der Waals surface area contributed by atoms with Crippen LogP contribution in [0.2, 0.25) is 0 Å². The highest BCUT2D eigenvalue weighted by molar-refractivity contribution is 8.32. The van der Waals surface area contributed by atoms with Gasteiger partial charge in [-0.3, -0.25) is 0 Å². The molecule has 1 atom stereocenters. The number of nitrogens with zero attached hydrogens (tertiary/aromatic N) is 4. The number of anilines is 1. The normalized spacial score (nSPS) is 21.7. The van der Waals surface area contributed by atoms with Crippen LogP contribution in [0, 0.1) is 5.82 Å². The Balaban J connectivity index is 1.64. The lowest BCUT2D eigenvalue weighted by atomic mass is 9.93. The standard InChI is InChI=1S/C29H39FN4O5S2/c1-28(2,3)40(4,5)34-12-9-20-22(34)8-7-21(30)23(20)26-31-25(29(41(6,35)36)10-14-37-15-11-29)24-27(32-26)33-13-16-38-17-19(33)18-39-24/h7-9,12,19H,10-11,13-18H2,1-6H3. The highest BCUT2D eigenvalue weighted by Gasteiger charge is 2.50. The predicted octanol–water partition coefficient (Wildman–Crippen LogP) is 4.51. The van der Waals surface area contributed by atoms with Crippen LogP contribution in [-0.4, -0.2) is 91.5 Å². The molecule has 3 aliphatic heterocycles. The zero-order valence-electron chi connectivity index (χ0n) is 24.6. The zero-order chi connectivity index (χ0) is 29.4. The summed E-state index contributed by atoms with van der Waals surface area (Å²) < 4.78 is 61.4. The predicted molar refractivity (Wildman–Crippen MR) is 162 cm³/mol. The summed E-state index contributed by atoms with van der Waals surface area (Å²) in [5, 5.41) is 0.691. The second kappa shape index (κ2) is 9.82. The molecule has 0 aliphatic carbocycles. The molecule has 2 aromatic heterocycles. The molecule has 0 amide bonds. The summed E-state index contributed by atoms with van der Waals surface area (Å²) in [4.78, 5) is 11.9. The van der Waals surface area contributed by atoms with Gasteiger partial charge in [0.1, 0.15) is 22.9 Å². The molecule has 3 aromatic rings. The molecule has 1 aromatic carbocycles. The van der Waals surface area contributed by atoms with Crippen LogP contribution < -0.4 is 9.64 Å². The van der Waals surface area contributed by atoms with Gasteiger partial charge in [0.05, 0.1) is 30.3 Å². The van der Waals surface area contributed by atoms with Crippen molar-refractivity contribution in [3.8, 4) is 17.1 Å². The van der Waals surface area contributed by atoms with E-state index in [1.165, 1.54) is 12.3 Å². The molecule has 12 heteroatoms. The van der Waals surface area contributed by atoms with E-state index in [0.29, 0.717) is 49.0 Å². The van der Waals surface area contributed by atoms with E-state index in [1.54, 1.807) is 0 Å². The second-order valence-electron chi connectivity index (χ2n) is 12.5. The minimum absolute atomic E-state index is 0.00338. The van der Waals surface area contributed by atoms with Crippen molar-refractivity contribution in [3.63, 3.8) is 0 Å². The maximum atomic E-state index is 15.9. The van der Waals surface area contributed by atoms with Crippen LogP contribution in [0.1, 0.15) is 39.3 Å². The summed E-state index contributed by atoms with van der Waals surface area (Å²) in [7, 11) is -5.01. The van der Waals surface area contributed by atoms with Crippen molar-refractivity contribution >= 4 is 36.8 Å². The lowest BCUT2D eigenvalue weighted by molar-refractivity contribution is 0.0640. The molecule has 224 valence electrons. The molecule has 2 saturated heterocycles. The molecule has 9 nitrogen and oxygen atoms in total. The molecule has 0 radical (unpaired) electrons. The molecule has 2 fully saturated rings. The van der Waals surface area contributed by atoms with Gasteiger partial charge in [0, 0.05) is 42.3 Å². The Bertz CT molecular complexity index is 1610. The first kappa shape index (κ1) is 28.7. The number of sulfone groups is 1. The van der Waals surface area contributed by atoms with Crippen LogP contribution in [0.5, 0.6) is 5.75 Å². The van der Waals surface area contributed by atoms with E-state index < -0.39 is 30.6 Å². The van der Waals surface area contributed by atoms with Crippen molar-refractivity contribution in [1.82, 2.24) is 13.9 Å². The molecule has 6 rings (SSSR count). The first-order chi connectivity index (χ1) is 19.3. The minimum Gasteiger partial charge on any atom is -0.486 e. The van der Waals surface area contributed by atoms with E-state index in [4.69, 9.17) is 24.2 Å². The summed E-state index contributed by atoms with van der Waals surface area (Å²) in [5.74, 6) is 0.562. The Labute approximate surface area is 242 Å². The van der Waals surface area contributed by atoms with Crippen molar-refractivity contribution < 1.29 is 27.0 Å². The first-order valence-electron chi connectivity index (χ1n) is 14.0. The maximum absolute atomic E-state index is 15.9. The molecular weight excluding hydrogens is 567 g/mol. The molecule has 0 saturated carbocycles. The van der Waals surface area contributed by atoms with Crippen LogP contribution in [-0.2, 0) is 24.1 Å². The molecule has 0 bridgehead atoms. The van der Waals surface area contributed by atoms with E-state index in [0.717, 1.165) is 5.52 Å². The van der Waals surface area contributed by atoms with Crippen molar-refractivity contribution in [2.75, 3.05) is 63.2 Å². The monoisotopic (exact) mass is 606 g/mol. The third-order valence-electron chi connectivity index (χ3n) is 9.21. The van der Waals surface area contributed by atoms with Crippen LogP contribution in [0.25, 0.3) is 22.3 Å². The molecular formula is C29H39FN4O5S2. The summed E-state index contributed by atoms with van der Waals surface area (Å²) >= 11 is 0. The minimum atomic E-state index is -3.67. The van der Waals surface area contributed by atoms with E-state index >= 15 is 4.39 Å². The Morgan fingerprint density at radius 1 is 1.00 bits per heavy atom. The van der Waals surface area contributed by atoms with E-state index in [-0.39, 0.29) is 48.2 Å². The van der Waals surface area contributed by atoms with Gasteiger partial charge in [0.25, 0.3) is 0 Å². The van der Waals surface area contributed by atoms with Crippen molar-refractivity contribution in [2.24, 2.45) is 0 Å². The highest BCUT2D eigenvalue weighted by Crippen LogP contribution is 2.56. The molecule has 0 spiro atoms. The quantitative estimate of drug-likeness (QED) is 0.428. The van der Waals surface area contributed by atoms with Gasteiger partial charge in [0.15, 0.2) is 27.2 Å². The third-order valence-corrected chi connectivity index (χ3v) is 15.5. The average Bonchev–Trinajstić information content (AvgIpc) is 3.36. The summed E-state index contributed by atoms with van der Waals surface area (Å²) in [6, 6.07) is 5.12. The highest BCUT2D eigenvalue weighted by atomic mass is 32.3. The lowest BCUT2D eigenvalue weighted by Crippen LogP contribution is -2.52. The number of benzene rings is 1. The van der Waals surface area contributed by atoms with E-state index in [1.807, 2.05) is 18.3 Å². The van der Waals surface area contributed by atoms with Crippen molar-refractivity contribution in [3.05, 3.63) is 35.9 Å². The fourth-order valence-corrected chi connectivity index (χ4v) is 9.01. The van der Waals surface area contributed by atoms with Gasteiger partial charge in [-0.15, -0.1) is 0 Å². The average molecular weight is 607 g/mol. The van der Waals surface area contributed by atoms with Gasteiger partial charge >= 0.3 is 0 Å². The van der Waals surface area contributed by atoms with Crippen molar-refractivity contribution in [2.45, 2.75) is 49.1 Å². The fourth-order valence-electron chi connectivity index (χ4n) is 6.01. The Morgan fingerprint density at radius 3 is 2.41 bits per heavy atom. The number of halogens is 1. The van der Waals surface area contributed by atoms with Gasteiger partial charge in [-0.2, -0.15) is 10.2 Å². The third kappa shape index (κ3) is 4.44. The molecule has 0 N–H and O–H groups in total. The Kier molecular flexibility index (Phi) is 6.87. The van der Waals surface area contributed by atoms with E-state index in [2.05, 4.69) is 42.2 Å². The van der Waals surface area contributed by atoms with Gasteiger partial charge in [-0.25, -0.2) is 22.8 Å². The van der Waals surface area contributed by atoms with Gasteiger partial charge in [-0.1, -0.05) is 20.8 Å². The molecule has 41 heavy (non-hydrogen) atoms. The Morgan fingerprint density at radius 2 is 1.73 bits per heavy atom. The SMILES string of the molecule is CC(C)(C)S(C)(C)n1ccc2c(-c3nc4c(c(C5(S(C)(=O)=O)CCOCC5)n3)OCC3COCCN43)c(F)ccc21. The first-order valence-corrected chi connectivity index (χ1v) is 18.3. The number of hydrogen-bond donors (Lipinski definition) is 0. The number of rotatable bonds is 4. The number of hydrogen-bond acceptors (Lipinski definition) is 8. The molecule has 1 unspecified atom stereocenters. The Hall–Kier alpha value is -2.41. The molecule has 5 heterocycles. The smallest absolute Gasteiger partial charge is 0.185 e.